The largest absolute Gasteiger partial charge is 0.855 e. The van der Waals surface area contributed by atoms with Gasteiger partial charge >= 0.3 is 11.2 Å². The molecule has 0 bridgehead atoms. The van der Waals surface area contributed by atoms with Gasteiger partial charge in [0.2, 0.25) is 0 Å². The highest BCUT2D eigenvalue weighted by Gasteiger charge is 2.19. The minimum absolute atomic E-state index is 0.0987. The summed E-state index contributed by atoms with van der Waals surface area (Å²) in [5.41, 5.74) is -1.18. The molecule has 7 heteroatoms. The number of hydrogen-bond donors (Lipinski definition) is 0. The Morgan fingerprint density at radius 3 is 2.57 bits per heavy atom. The third-order valence-corrected chi connectivity index (χ3v) is 3.29. The molecule has 21 heavy (non-hydrogen) atoms. The Bertz CT molecular complexity index is 833. The molecule has 0 aliphatic heterocycles. The van der Waals surface area contributed by atoms with Gasteiger partial charge in [-0.1, -0.05) is 6.92 Å². The number of ketones is 1. The molecule has 0 saturated carbocycles. The Morgan fingerprint density at radius 2 is 1.95 bits per heavy atom. The van der Waals surface area contributed by atoms with E-state index in [2.05, 4.69) is 0 Å². The van der Waals surface area contributed by atoms with Crippen LogP contribution in [-0.2, 0) is 14.1 Å². The molecule has 0 fully saturated rings. The van der Waals surface area contributed by atoms with Crippen LogP contribution in [0.2, 0.25) is 0 Å². The van der Waals surface area contributed by atoms with Crippen LogP contribution in [0.5, 0.6) is 5.88 Å². The quantitative estimate of drug-likeness (QED) is 0.537. The lowest BCUT2D eigenvalue weighted by Gasteiger charge is -2.14. The highest BCUT2D eigenvalue weighted by Crippen LogP contribution is 2.06. The number of nitrogens with zero attached hydrogens (tertiary/aromatic N) is 3. The summed E-state index contributed by atoms with van der Waals surface area (Å²) in [5, 5.41) is 12.2. The summed E-state index contributed by atoms with van der Waals surface area (Å²) >= 11 is 0. The molecule has 7 nitrogen and oxygen atoms in total. The predicted octanol–water partition coefficient (Wildman–Crippen LogP) is -0.973. The summed E-state index contributed by atoms with van der Waals surface area (Å²) < 4.78 is 3.00. The van der Waals surface area contributed by atoms with E-state index in [9.17, 15) is 19.5 Å². The van der Waals surface area contributed by atoms with E-state index in [1.165, 1.54) is 31.1 Å². The lowest BCUT2D eigenvalue weighted by Crippen LogP contribution is -2.47. The van der Waals surface area contributed by atoms with E-state index in [4.69, 9.17) is 0 Å². The Hall–Kier alpha value is -2.70. The fraction of sp³-hybridized carbons (Fsp3) is 0.286. The zero-order chi connectivity index (χ0) is 15.7. The Labute approximate surface area is 120 Å². The van der Waals surface area contributed by atoms with Crippen LogP contribution in [0.3, 0.4) is 0 Å². The highest BCUT2D eigenvalue weighted by molar-refractivity contribution is 5.95. The fourth-order valence-electron chi connectivity index (χ4n) is 2.01. The van der Waals surface area contributed by atoms with Gasteiger partial charge in [0, 0.05) is 32.5 Å². The van der Waals surface area contributed by atoms with Crippen molar-refractivity contribution in [1.82, 2.24) is 9.13 Å². The van der Waals surface area contributed by atoms with Crippen molar-refractivity contribution in [3.05, 3.63) is 50.9 Å². The summed E-state index contributed by atoms with van der Waals surface area (Å²) in [6.07, 6.45) is 3.24. The molecule has 2 aromatic heterocycles. The zero-order valence-corrected chi connectivity index (χ0v) is 12.0. The Balaban J connectivity index is 2.77. The minimum Gasteiger partial charge on any atom is -0.855 e. The third kappa shape index (κ3) is 2.37. The Morgan fingerprint density at radius 1 is 1.29 bits per heavy atom. The molecule has 0 aromatic carbocycles. The summed E-state index contributed by atoms with van der Waals surface area (Å²) in [4.78, 5) is 35.6. The molecule has 0 radical (unpaired) electrons. The van der Waals surface area contributed by atoms with Crippen molar-refractivity contribution in [1.29, 1.82) is 0 Å². The molecule has 0 N–H and O–H groups in total. The Kier molecular flexibility index (Phi) is 3.75. The molecule has 0 spiro atoms. The molecular formula is C14H15N3O4. The molecule has 0 saturated heterocycles. The fourth-order valence-corrected chi connectivity index (χ4v) is 2.01. The lowest BCUT2D eigenvalue weighted by atomic mass is 10.1. The van der Waals surface area contributed by atoms with Gasteiger partial charge in [0.1, 0.15) is 0 Å². The number of Topliss-reactive ketones (excluding diaryl/α,β-unsaturated/α-hetero) is 1. The van der Waals surface area contributed by atoms with E-state index < -0.39 is 17.1 Å². The molecule has 110 valence electrons. The maximum absolute atomic E-state index is 12.2. The van der Waals surface area contributed by atoms with Gasteiger partial charge in [0.25, 0.3) is 5.69 Å². The van der Waals surface area contributed by atoms with Crippen molar-refractivity contribution in [2.45, 2.75) is 13.3 Å². The highest BCUT2D eigenvalue weighted by atomic mass is 16.3. The number of carbonyl (C=O) groups is 1. The van der Waals surface area contributed by atoms with Crippen LogP contribution in [-0.4, -0.2) is 14.9 Å². The molecule has 0 unspecified atom stereocenters. The molecule has 0 atom stereocenters. The number of aromatic nitrogens is 3. The van der Waals surface area contributed by atoms with Gasteiger partial charge in [-0.2, -0.15) is 4.57 Å². The van der Waals surface area contributed by atoms with Crippen LogP contribution in [0, 0.1) is 0 Å². The first-order valence-electron chi connectivity index (χ1n) is 6.40. The lowest BCUT2D eigenvalue weighted by molar-refractivity contribution is -0.602. The summed E-state index contributed by atoms with van der Waals surface area (Å²) in [6.45, 7) is 1.73. The average molecular weight is 289 g/mol. The van der Waals surface area contributed by atoms with E-state index >= 15 is 0 Å². The average Bonchev–Trinajstić information content (AvgIpc) is 2.50. The predicted molar refractivity (Wildman–Crippen MR) is 72.5 cm³/mol. The van der Waals surface area contributed by atoms with Crippen molar-refractivity contribution in [3.63, 3.8) is 0 Å². The molecule has 2 heterocycles. The van der Waals surface area contributed by atoms with E-state index in [-0.39, 0.29) is 11.5 Å². The van der Waals surface area contributed by atoms with Crippen molar-refractivity contribution in [2.24, 2.45) is 14.1 Å². The van der Waals surface area contributed by atoms with E-state index in [0.29, 0.717) is 12.0 Å². The second-order valence-corrected chi connectivity index (χ2v) is 4.64. The second kappa shape index (κ2) is 5.35. The van der Waals surface area contributed by atoms with Crippen molar-refractivity contribution >= 4 is 5.78 Å². The maximum Gasteiger partial charge on any atom is 0.330 e. The monoisotopic (exact) mass is 289 g/mol. The van der Waals surface area contributed by atoms with Gasteiger partial charge in [0.15, 0.2) is 18.2 Å². The molecule has 0 aliphatic rings. The molecule has 2 aromatic rings. The van der Waals surface area contributed by atoms with Crippen LogP contribution in [0.4, 0.5) is 0 Å². The van der Waals surface area contributed by atoms with Gasteiger partial charge in [-0.3, -0.25) is 14.2 Å². The summed E-state index contributed by atoms with van der Waals surface area (Å²) in [6, 6.07) is 3.19. The SMILES string of the molecule is CCC(=O)c1ccc[n+](-c2c([O-])n(C)c(=O)n(C)c2=O)c1. The molecular weight excluding hydrogens is 274 g/mol. The van der Waals surface area contributed by atoms with E-state index in [1.54, 1.807) is 19.1 Å². The smallest absolute Gasteiger partial charge is 0.330 e. The topological polar surface area (TPSA) is 88.0 Å². The van der Waals surface area contributed by atoms with Crippen LogP contribution in [0.15, 0.2) is 34.1 Å². The minimum atomic E-state index is -0.700. The maximum atomic E-state index is 12.2. The summed E-state index contributed by atoms with van der Waals surface area (Å²) in [7, 11) is 2.60. The number of pyridine rings is 1. The first-order valence-corrected chi connectivity index (χ1v) is 6.40. The van der Waals surface area contributed by atoms with Gasteiger partial charge in [-0.05, 0) is 6.07 Å². The van der Waals surface area contributed by atoms with Crippen molar-refractivity contribution in [2.75, 3.05) is 0 Å². The second-order valence-electron chi connectivity index (χ2n) is 4.64. The van der Waals surface area contributed by atoms with Crippen LogP contribution >= 0.6 is 0 Å². The zero-order valence-electron chi connectivity index (χ0n) is 12.0. The number of hydrogen-bond acceptors (Lipinski definition) is 4. The van der Waals surface area contributed by atoms with Gasteiger partial charge in [-0.25, -0.2) is 4.79 Å². The first-order chi connectivity index (χ1) is 9.88. The summed E-state index contributed by atoms with van der Waals surface area (Å²) in [5.74, 6) is -0.798. The third-order valence-electron chi connectivity index (χ3n) is 3.29. The van der Waals surface area contributed by atoms with E-state index in [1.807, 2.05) is 0 Å². The number of carbonyl (C=O) groups excluding carboxylic acids is 1. The molecule has 0 amide bonds. The van der Waals surface area contributed by atoms with Crippen LogP contribution in [0.25, 0.3) is 5.69 Å². The normalized spacial score (nSPS) is 10.6. The van der Waals surface area contributed by atoms with Crippen LogP contribution in [0.1, 0.15) is 23.7 Å². The van der Waals surface area contributed by atoms with Gasteiger partial charge < -0.3 is 9.67 Å². The first kappa shape index (κ1) is 14.7. The van der Waals surface area contributed by atoms with E-state index in [0.717, 1.165) is 9.13 Å². The van der Waals surface area contributed by atoms with Gasteiger partial charge in [-0.15, -0.1) is 0 Å². The standard InChI is InChI=1S/C14H15N3O4/c1-4-10(18)9-6-5-7-17(8-9)11-12(19)15(2)14(21)16(3)13(11)20/h5-8H,4H2,1-3H3. The van der Waals surface area contributed by atoms with Gasteiger partial charge in [0.05, 0.1) is 5.56 Å². The van der Waals surface area contributed by atoms with Crippen LogP contribution < -0.4 is 20.9 Å². The van der Waals surface area contributed by atoms with Crippen molar-refractivity contribution < 1.29 is 14.5 Å². The van der Waals surface area contributed by atoms with Crippen molar-refractivity contribution in [3.8, 4) is 11.6 Å². The molecule has 0 aliphatic carbocycles. The molecule has 2 rings (SSSR count). The number of rotatable bonds is 3.